The lowest BCUT2D eigenvalue weighted by Gasteiger charge is -2.45. The zero-order chi connectivity index (χ0) is 47.1. The summed E-state index contributed by atoms with van der Waals surface area (Å²) < 4.78 is 14.7. The molecule has 0 spiro atoms. The van der Waals surface area contributed by atoms with Gasteiger partial charge in [-0.05, 0) is 140 Å². The number of hydrogen-bond donors (Lipinski definition) is 1. The SMILES string of the molecule is C/C=C/C[C@H](CC(C)=O)C(=O)N1CCC[C@](Cc2ccc(Cl)cc2)(NC(=O)[C@@H]2COC(C)(C)N2C(=O)[C@H](C)CCc2ccc(Cl)cc2Oc2ccc(-c3cnc(CN(C)C)n3C)cc2)C1. The normalized spacial score (nSPS) is 19.4. The number of carbonyl (C=O) groups excluding carboxylic acids is 4. The van der Waals surface area contributed by atoms with Crippen LogP contribution in [0.1, 0.15) is 83.7 Å². The highest BCUT2D eigenvalue weighted by molar-refractivity contribution is 6.31. The van der Waals surface area contributed by atoms with Crippen LogP contribution in [0.2, 0.25) is 10.0 Å². The summed E-state index contributed by atoms with van der Waals surface area (Å²) in [6.07, 6.45) is 8.96. The average molecular weight is 928 g/mol. The molecule has 0 unspecified atom stereocenters. The quantitative estimate of drug-likeness (QED) is 0.0981. The molecule has 4 aromatic rings. The van der Waals surface area contributed by atoms with E-state index in [0.29, 0.717) is 66.6 Å². The maximum absolute atomic E-state index is 14.7. The number of amides is 3. The minimum atomic E-state index is -1.05. The van der Waals surface area contributed by atoms with Gasteiger partial charge in [0.25, 0.3) is 0 Å². The van der Waals surface area contributed by atoms with Gasteiger partial charge in [0.05, 0.1) is 30.6 Å². The Kier molecular flexibility index (Phi) is 16.4. The Labute approximate surface area is 394 Å². The van der Waals surface area contributed by atoms with E-state index in [4.69, 9.17) is 32.7 Å². The number of nitrogens with one attached hydrogen (secondary N) is 1. The number of likely N-dealkylation sites (tertiary alicyclic amines) is 1. The Morgan fingerprint density at radius 3 is 2.40 bits per heavy atom. The number of allylic oxidation sites excluding steroid dienone is 2. The lowest BCUT2D eigenvalue weighted by Crippen LogP contribution is -2.65. The van der Waals surface area contributed by atoms with Gasteiger partial charge in [-0.3, -0.25) is 19.3 Å². The van der Waals surface area contributed by atoms with Crippen LogP contribution in [0.25, 0.3) is 11.3 Å². The number of nitrogens with zero attached hydrogens (tertiary/aromatic N) is 5. The average Bonchev–Trinajstić information content (AvgIpc) is 3.79. The van der Waals surface area contributed by atoms with Gasteiger partial charge in [-0.25, -0.2) is 4.98 Å². The van der Waals surface area contributed by atoms with Gasteiger partial charge in [0.15, 0.2) is 0 Å². The molecule has 65 heavy (non-hydrogen) atoms. The molecular weight excluding hydrogens is 864 g/mol. The second-order valence-corrected chi connectivity index (χ2v) is 19.4. The number of aryl methyl sites for hydroxylation is 1. The fourth-order valence-corrected chi connectivity index (χ4v) is 9.36. The fourth-order valence-electron chi connectivity index (χ4n) is 9.07. The largest absolute Gasteiger partial charge is 0.457 e. The number of benzene rings is 3. The molecule has 1 aromatic heterocycles. The molecule has 14 heteroatoms. The van der Waals surface area contributed by atoms with Gasteiger partial charge in [-0.1, -0.05) is 60.5 Å². The lowest BCUT2D eigenvalue weighted by molar-refractivity contribution is -0.154. The third-order valence-electron chi connectivity index (χ3n) is 12.5. The van der Waals surface area contributed by atoms with Crippen LogP contribution in [-0.2, 0) is 50.3 Å². The Morgan fingerprint density at radius 2 is 1.72 bits per heavy atom. The number of rotatable bonds is 18. The van der Waals surface area contributed by atoms with Crippen molar-refractivity contribution in [1.29, 1.82) is 0 Å². The number of imidazole rings is 1. The summed E-state index contributed by atoms with van der Waals surface area (Å²) in [5.74, 6) is 0.541. The molecule has 0 radical (unpaired) electrons. The van der Waals surface area contributed by atoms with Crippen molar-refractivity contribution < 1.29 is 28.7 Å². The van der Waals surface area contributed by atoms with Crippen molar-refractivity contribution in [3.05, 3.63) is 112 Å². The van der Waals surface area contributed by atoms with Gasteiger partial charge in [0, 0.05) is 54.0 Å². The zero-order valence-electron chi connectivity index (χ0n) is 39.0. The minimum Gasteiger partial charge on any atom is -0.457 e. The highest BCUT2D eigenvalue weighted by Crippen LogP contribution is 2.35. The Balaban J connectivity index is 1.16. The van der Waals surface area contributed by atoms with Gasteiger partial charge < -0.3 is 34.0 Å². The molecule has 1 N–H and O–H groups in total. The van der Waals surface area contributed by atoms with E-state index >= 15 is 0 Å². The number of Topliss-reactive ketones (excluding diaryl/α,β-unsaturated/α-hetero) is 1. The monoisotopic (exact) mass is 926 g/mol. The van der Waals surface area contributed by atoms with Gasteiger partial charge >= 0.3 is 0 Å². The third kappa shape index (κ3) is 12.5. The second kappa shape index (κ2) is 21.5. The van der Waals surface area contributed by atoms with E-state index in [9.17, 15) is 19.2 Å². The number of halogens is 2. The first-order valence-corrected chi connectivity index (χ1v) is 23.3. The first kappa shape index (κ1) is 49.4. The molecule has 3 heterocycles. The van der Waals surface area contributed by atoms with Crippen LogP contribution in [0, 0.1) is 11.8 Å². The topological polar surface area (TPSA) is 126 Å². The van der Waals surface area contributed by atoms with Gasteiger partial charge in [-0.2, -0.15) is 0 Å². The van der Waals surface area contributed by atoms with Crippen LogP contribution in [-0.4, -0.2) is 98.9 Å². The van der Waals surface area contributed by atoms with Crippen molar-refractivity contribution in [1.82, 2.24) is 29.6 Å². The fraction of sp³-hybridized carbons (Fsp3) is 0.471. The van der Waals surface area contributed by atoms with Crippen molar-refractivity contribution in [3.8, 4) is 22.8 Å². The van der Waals surface area contributed by atoms with Crippen LogP contribution < -0.4 is 10.1 Å². The van der Waals surface area contributed by atoms with Crippen LogP contribution >= 0.6 is 23.2 Å². The molecular formula is C51H64Cl2N6O6. The van der Waals surface area contributed by atoms with Crippen molar-refractivity contribution in [2.24, 2.45) is 18.9 Å². The van der Waals surface area contributed by atoms with E-state index in [1.807, 2.05) is 128 Å². The van der Waals surface area contributed by atoms with E-state index in [2.05, 4.69) is 19.8 Å². The maximum atomic E-state index is 14.7. The molecule has 2 saturated heterocycles. The maximum Gasteiger partial charge on any atom is 0.245 e. The third-order valence-corrected chi connectivity index (χ3v) is 13.0. The van der Waals surface area contributed by atoms with Crippen molar-refractivity contribution >= 4 is 46.7 Å². The molecule has 6 rings (SSSR count). The van der Waals surface area contributed by atoms with E-state index < -0.39 is 29.1 Å². The predicted octanol–water partition coefficient (Wildman–Crippen LogP) is 9.06. The van der Waals surface area contributed by atoms with Gasteiger partial charge in [-0.15, -0.1) is 0 Å². The molecule has 348 valence electrons. The molecule has 4 atom stereocenters. The molecule has 2 aliphatic rings. The van der Waals surface area contributed by atoms with E-state index in [1.54, 1.807) is 15.9 Å². The second-order valence-electron chi connectivity index (χ2n) is 18.5. The minimum absolute atomic E-state index is 0.0206. The number of ether oxygens (including phenoxy) is 2. The number of aromatic nitrogens is 2. The lowest BCUT2D eigenvalue weighted by atomic mass is 9.82. The van der Waals surface area contributed by atoms with Crippen molar-refractivity contribution in [2.75, 3.05) is 33.8 Å². The summed E-state index contributed by atoms with van der Waals surface area (Å²) in [5.41, 5.74) is 1.95. The molecule has 0 bridgehead atoms. The van der Waals surface area contributed by atoms with Crippen LogP contribution in [0.3, 0.4) is 0 Å². The van der Waals surface area contributed by atoms with Crippen LogP contribution in [0.4, 0.5) is 0 Å². The number of piperidine rings is 1. The van der Waals surface area contributed by atoms with Crippen LogP contribution in [0.5, 0.6) is 11.5 Å². The molecule has 0 aliphatic carbocycles. The summed E-state index contributed by atoms with van der Waals surface area (Å²) >= 11 is 12.7. The van der Waals surface area contributed by atoms with Crippen molar-refractivity contribution in [3.63, 3.8) is 0 Å². The summed E-state index contributed by atoms with van der Waals surface area (Å²) in [7, 11) is 6.05. The summed E-state index contributed by atoms with van der Waals surface area (Å²) in [6, 6.07) is 20.0. The summed E-state index contributed by atoms with van der Waals surface area (Å²) in [6.45, 7) is 10.4. The first-order valence-electron chi connectivity index (χ1n) is 22.5. The Bertz CT molecular complexity index is 2350. The molecule has 12 nitrogen and oxygen atoms in total. The van der Waals surface area contributed by atoms with Crippen molar-refractivity contribution in [2.45, 2.75) is 103 Å². The van der Waals surface area contributed by atoms with E-state index in [-0.39, 0.29) is 43.1 Å². The Hall–Kier alpha value is -5.01. The highest BCUT2D eigenvalue weighted by Gasteiger charge is 2.50. The van der Waals surface area contributed by atoms with Gasteiger partial charge in [0.1, 0.15) is 34.9 Å². The molecule has 3 aromatic carbocycles. The van der Waals surface area contributed by atoms with E-state index in [1.165, 1.54) is 6.92 Å². The number of carbonyl (C=O) groups is 4. The molecule has 2 fully saturated rings. The number of ketones is 1. The molecule has 0 saturated carbocycles. The smallest absolute Gasteiger partial charge is 0.245 e. The predicted molar refractivity (Wildman–Crippen MR) is 256 cm³/mol. The molecule has 2 aliphatic heterocycles. The zero-order valence-corrected chi connectivity index (χ0v) is 40.5. The molecule has 3 amide bonds. The summed E-state index contributed by atoms with van der Waals surface area (Å²) in [4.78, 5) is 65.6. The number of hydrogen-bond acceptors (Lipinski definition) is 8. The first-order chi connectivity index (χ1) is 30.9. The van der Waals surface area contributed by atoms with Gasteiger partial charge in [0.2, 0.25) is 17.7 Å². The van der Waals surface area contributed by atoms with Crippen LogP contribution in [0.15, 0.2) is 85.1 Å². The highest BCUT2D eigenvalue weighted by atomic mass is 35.5. The standard InChI is InChI=1S/C51H64Cl2N6O6/c1-9-10-12-39(27-35(3)60)49(63)58-26-11-25-51(33-58,29-36-14-20-40(52)21-15-36)55-47(61)44-32-64-50(4,5)59(44)48(62)34(2)13-16-38-17-22-41(53)28-45(38)65-42-23-18-37(19-24-42)43-30-54-46(57(43)8)31-56(6)7/h9-10,14-15,17-24,28,30,34,39,44H,11-13,16,25-27,29,31-33H2,1-8H3,(H,55,61)/b10-9+/t34-,39-,44+,51-/m1/s1. The van der Waals surface area contributed by atoms with E-state index in [0.717, 1.165) is 34.8 Å². The summed E-state index contributed by atoms with van der Waals surface area (Å²) in [5, 5.41) is 4.49. The Morgan fingerprint density at radius 1 is 1.02 bits per heavy atom.